The molecule has 0 bridgehead atoms. The molecular formula is C40H58. The van der Waals surface area contributed by atoms with E-state index in [0.29, 0.717) is 0 Å². The van der Waals surface area contributed by atoms with E-state index in [1.807, 2.05) is 0 Å². The molecule has 40 heavy (non-hydrogen) atoms. The zero-order valence-corrected chi connectivity index (χ0v) is 29.0. The van der Waals surface area contributed by atoms with E-state index in [-0.39, 0.29) is 27.1 Å². The van der Waals surface area contributed by atoms with Crippen LogP contribution in [0.1, 0.15) is 143 Å². The van der Waals surface area contributed by atoms with Gasteiger partial charge in [-0.15, -0.1) is 0 Å². The third-order valence-electron chi connectivity index (χ3n) is 8.38. The standard InChI is InChI=1S/C40H58/c1-25-18-26(2)34(28-21-31(38(9,10)11)24-32(22-28)39(12,13)14)35(40(15,16)17)33(25)27-19-29(36(3,4)5)23-30(20-27)37(6,7)8/h18-24H,1-17H3. The molecule has 3 rings (SSSR count). The highest BCUT2D eigenvalue weighted by molar-refractivity contribution is 5.85. The predicted molar refractivity (Wildman–Crippen MR) is 180 cm³/mol. The van der Waals surface area contributed by atoms with Gasteiger partial charge in [0.05, 0.1) is 0 Å². The van der Waals surface area contributed by atoms with Crippen LogP contribution in [0.25, 0.3) is 22.3 Å². The summed E-state index contributed by atoms with van der Waals surface area (Å²) in [5.41, 5.74) is 15.6. The summed E-state index contributed by atoms with van der Waals surface area (Å²) in [4.78, 5) is 0. The predicted octanol–water partition coefficient (Wildman–Crippen LogP) is 12.1. The summed E-state index contributed by atoms with van der Waals surface area (Å²) < 4.78 is 0. The van der Waals surface area contributed by atoms with E-state index in [1.165, 1.54) is 61.2 Å². The van der Waals surface area contributed by atoms with Crippen molar-refractivity contribution in [1.82, 2.24) is 0 Å². The minimum atomic E-state index is -0.0410. The summed E-state index contributed by atoms with van der Waals surface area (Å²) in [6.07, 6.45) is 0. The molecule has 0 radical (unpaired) electrons. The van der Waals surface area contributed by atoms with Gasteiger partial charge in [-0.1, -0.05) is 146 Å². The quantitative estimate of drug-likeness (QED) is 0.304. The molecular weight excluding hydrogens is 480 g/mol. The molecule has 0 atom stereocenters. The lowest BCUT2D eigenvalue weighted by atomic mass is 9.71. The monoisotopic (exact) mass is 538 g/mol. The Morgan fingerprint density at radius 1 is 0.325 bits per heavy atom. The second-order valence-electron chi connectivity index (χ2n) is 17.5. The summed E-state index contributed by atoms with van der Waals surface area (Å²) in [5, 5.41) is 0. The Bertz CT molecular complexity index is 1230. The van der Waals surface area contributed by atoms with Crippen molar-refractivity contribution in [2.45, 2.75) is 145 Å². The molecule has 0 spiro atoms. The maximum Gasteiger partial charge on any atom is -0.0111 e. The van der Waals surface area contributed by atoms with E-state index in [1.54, 1.807) is 0 Å². The van der Waals surface area contributed by atoms with Crippen molar-refractivity contribution >= 4 is 0 Å². The van der Waals surface area contributed by atoms with Crippen molar-refractivity contribution in [3.63, 3.8) is 0 Å². The van der Waals surface area contributed by atoms with Crippen LogP contribution in [0.2, 0.25) is 0 Å². The van der Waals surface area contributed by atoms with Crippen LogP contribution < -0.4 is 0 Å². The number of hydrogen-bond donors (Lipinski definition) is 0. The zero-order valence-electron chi connectivity index (χ0n) is 29.0. The average Bonchev–Trinajstić information content (AvgIpc) is 2.75. The summed E-state index contributed by atoms with van der Waals surface area (Å²) >= 11 is 0. The number of hydrogen-bond acceptors (Lipinski definition) is 0. The summed E-state index contributed by atoms with van der Waals surface area (Å²) in [7, 11) is 0. The second-order valence-corrected chi connectivity index (χ2v) is 17.5. The van der Waals surface area contributed by atoms with Crippen LogP contribution in [0.5, 0.6) is 0 Å². The Hall–Kier alpha value is -2.34. The Kier molecular flexibility index (Phi) is 8.19. The molecule has 0 aliphatic heterocycles. The van der Waals surface area contributed by atoms with Crippen LogP contribution in [0, 0.1) is 13.8 Å². The van der Waals surface area contributed by atoms with Gasteiger partial charge < -0.3 is 0 Å². The molecule has 0 heterocycles. The van der Waals surface area contributed by atoms with E-state index in [4.69, 9.17) is 0 Å². The van der Waals surface area contributed by atoms with Crippen LogP contribution in [-0.2, 0) is 27.1 Å². The van der Waals surface area contributed by atoms with E-state index >= 15 is 0 Å². The molecule has 3 aromatic rings. The van der Waals surface area contributed by atoms with Gasteiger partial charge in [0.1, 0.15) is 0 Å². The SMILES string of the molecule is Cc1cc(C)c(-c2cc(C(C)(C)C)cc(C(C)(C)C)c2)c(C(C)(C)C)c1-c1cc(C(C)(C)C)cc(C(C)(C)C)c1. The molecule has 0 fully saturated rings. The third kappa shape index (κ3) is 6.75. The van der Waals surface area contributed by atoms with E-state index in [0.717, 1.165) is 0 Å². The first kappa shape index (κ1) is 32.2. The van der Waals surface area contributed by atoms with Gasteiger partial charge in [-0.3, -0.25) is 0 Å². The fourth-order valence-electron chi connectivity index (χ4n) is 5.76. The third-order valence-corrected chi connectivity index (χ3v) is 8.38. The van der Waals surface area contributed by atoms with Gasteiger partial charge in [-0.2, -0.15) is 0 Å². The minimum absolute atomic E-state index is 0.0410. The van der Waals surface area contributed by atoms with Gasteiger partial charge in [-0.05, 0) is 102 Å². The summed E-state index contributed by atoms with van der Waals surface area (Å²) in [6, 6.07) is 17.2. The molecule has 218 valence electrons. The Morgan fingerprint density at radius 2 is 0.575 bits per heavy atom. The molecule has 0 saturated heterocycles. The molecule has 0 aliphatic carbocycles. The van der Waals surface area contributed by atoms with Gasteiger partial charge in [-0.25, -0.2) is 0 Å². The van der Waals surface area contributed by atoms with E-state index in [2.05, 4.69) is 160 Å². The van der Waals surface area contributed by atoms with Gasteiger partial charge in [0.15, 0.2) is 0 Å². The second kappa shape index (κ2) is 10.2. The normalized spacial score (nSPS) is 13.6. The number of benzene rings is 3. The molecule has 0 unspecified atom stereocenters. The highest BCUT2D eigenvalue weighted by Gasteiger charge is 2.30. The van der Waals surface area contributed by atoms with Crippen molar-refractivity contribution in [3.05, 3.63) is 81.4 Å². The largest absolute Gasteiger partial charge is 0.0561 e. The van der Waals surface area contributed by atoms with Crippen LogP contribution in [0.15, 0.2) is 42.5 Å². The summed E-state index contributed by atoms with van der Waals surface area (Å²) in [5.74, 6) is 0. The van der Waals surface area contributed by atoms with Gasteiger partial charge >= 0.3 is 0 Å². The van der Waals surface area contributed by atoms with Gasteiger partial charge in [0.25, 0.3) is 0 Å². The lowest BCUT2D eigenvalue weighted by Crippen LogP contribution is -2.20. The molecule has 0 N–H and O–H groups in total. The molecule has 3 aromatic carbocycles. The summed E-state index contributed by atoms with van der Waals surface area (Å²) in [6.45, 7) is 39.8. The van der Waals surface area contributed by atoms with Crippen molar-refractivity contribution in [3.8, 4) is 22.3 Å². The molecule has 0 saturated carbocycles. The average molecular weight is 539 g/mol. The molecule has 0 nitrogen and oxygen atoms in total. The number of rotatable bonds is 2. The van der Waals surface area contributed by atoms with Crippen LogP contribution in [0.4, 0.5) is 0 Å². The Morgan fingerprint density at radius 3 is 0.775 bits per heavy atom. The highest BCUT2D eigenvalue weighted by atomic mass is 14.3. The van der Waals surface area contributed by atoms with E-state index in [9.17, 15) is 0 Å². The fourth-order valence-corrected chi connectivity index (χ4v) is 5.76. The lowest BCUT2D eigenvalue weighted by Gasteiger charge is -2.33. The van der Waals surface area contributed by atoms with Crippen molar-refractivity contribution in [1.29, 1.82) is 0 Å². The molecule has 0 aliphatic rings. The molecule has 0 amide bonds. The van der Waals surface area contributed by atoms with Crippen LogP contribution >= 0.6 is 0 Å². The highest BCUT2D eigenvalue weighted by Crippen LogP contribution is 2.47. The van der Waals surface area contributed by atoms with Crippen LogP contribution in [0.3, 0.4) is 0 Å². The smallest absolute Gasteiger partial charge is 0.0111 e. The molecule has 0 heteroatoms. The van der Waals surface area contributed by atoms with E-state index < -0.39 is 0 Å². The maximum atomic E-state index is 2.47. The lowest BCUT2D eigenvalue weighted by molar-refractivity contribution is 0.568. The first-order valence-electron chi connectivity index (χ1n) is 15.3. The topological polar surface area (TPSA) is 0 Å². The minimum Gasteiger partial charge on any atom is -0.0561 e. The van der Waals surface area contributed by atoms with Crippen molar-refractivity contribution in [2.75, 3.05) is 0 Å². The number of aryl methyl sites for hydroxylation is 2. The molecule has 0 aromatic heterocycles. The Labute approximate surface area is 248 Å². The Balaban J connectivity index is 2.57. The first-order valence-corrected chi connectivity index (χ1v) is 15.3. The first-order chi connectivity index (χ1) is 17.8. The maximum absolute atomic E-state index is 2.47. The fraction of sp³-hybridized carbons (Fsp3) is 0.550. The van der Waals surface area contributed by atoms with Crippen molar-refractivity contribution in [2.24, 2.45) is 0 Å². The zero-order chi connectivity index (χ0) is 30.8. The van der Waals surface area contributed by atoms with Crippen molar-refractivity contribution < 1.29 is 0 Å². The van der Waals surface area contributed by atoms with Gasteiger partial charge in [0.2, 0.25) is 0 Å². The van der Waals surface area contributed by atoms with Gasteiger partial charge in [0, 0.05) is 0 Å². The van der Waals surface area contributed by atoms with Crippen LogP contribution in [-0.4, -0.2) is 0 Å².